The normalized spacial score (nSPS) is 20.5. The molecule has 1 saturated carbocycles. The van der Waals surface area contributed by atoms with E-state index in [0.717, 1.165) is 57.1 Å². The molecule has 6 heteroatoms. The molecule has 31 heavy (non-hydrogen) atoms. The summed E-state index contributed by atoms with van der Waals surface area (Å²) in [5.74, 6) is -0.346. The van der Waals surface area contributed by atoms with Gasteiger partial charge in [0.25, 0.3) is 0 Å². The molecule has 1 aromatic carbocycles. The largest absolute Gasteiger partial charge is 0.490 e. The Labute approximate surface area is 185 Å². The Kier molecular flexibility index (Phi) is 8.35. The number of carbonyl (C=O) groups is 2. The predicted molar refractivity (Wildman–Crippen MR) is 119 cm³/mol. The maximum Gasteiger partial charge on any atom is 0.306 e. The molecule has 2 N–H and O–H groups in total. The van der Waals surface area contributed by atoms with Crippen LogP contribution in [-0.4, -0.2) is 43.3 Å². The number of carboxylic acids is 1. The van der Waals surface area contributed by atoms with Crippen LogP contribution in [0.3, 0.4) is 0 Å². The van der Waals surface area contributed by atoms with Gasteiger partial charge in [-0.2, -0.15) is 0 Å². The first kappa shape index (κ1) is 23.6. The van der Waals surface area contributed by atoms with Gasteiger partial charge in [-0.1, -0.05) is 31.4 Å². The summed E-state index contributed by atoms with van der Waals surface area (Å²) in [6.07, 6.45) is 8.46. The van der Waals surface area contributed by atoms with Crippen molar-refractivity contribution in [3.8, 4) is 5.75 Å². The van der Waals surface area contributed by atoms with Crippen molar-refractivity contribution in [1.29, 1.82) is 0 Å². The molecule has 2 unspecified atom stereocenters. The molecule has 1 fully saturated rings. The Bertz CT molecular complexity index is 756. The SMILES string of the molecule is COCCC(CC1(C(=O)NCCCc2ccc3c(c2)CC(C)O3)CCCCC1)C(=O)O. The quantitative estimate of drug-likeness (QED) is 0.515. The molecule has 6 nitrogen and oxygen atoms in total. The molecule has 2 aliphatic rings. The highest BCUT2D eigenvalue weighted by Gasteiger charge is 2.42. The Morgan fingerprint density at radius 2 is 2.06 bits per heavy atom. The minimum atomic E-state index is -0.829. The number of ether oxygens (including phenoxy) is 2. The van der Waals surface area contributed by atoms with Gasteiger partial charge in [0.2, 0.25) is 5.91 Å². The molecule has 0 saturated heterocycles. The zero-order valence-corrected chi connectivity index (χ0v) is 19.0. The van der Waals surface area contributed by atoms with Crippen molar-refractivity contribution in [2.45, 2.75) is 77.2 Å². The summed E-state index contributed by atoms with van der Waals surface area (Å²) in [4.78, 5) is 25.0. The highest BCUT2D eigenvalue weighted by atomic mass is 16.5. The predicted octanol–water partition coefficient (Wildman–Crippen LogP) is 4.14. The number of methoxy groups -OCH3 is 1. The van der Waals surface area contributed by atoms with Gasteiger partial charge in [0.05, 0.1) is 5.92 Å². The number of nitrogens with one attached hydrogen (secondary N) is 1. The molecule has 0 aromatic heterocycles. The summed E-state index contributed by atoms with van der Waals surface area (Å²) in [5.41, 5.74) is 1.98. The van der Waals surface area contributed by atoms with Gasteiger partial charge in [0, 0.05) is 32.1 Å². The first-order valence-electron chi connectivity index (χ1n) is 11.7. The fraction of sp³-hybridized carbons (Fsp3) is 0.680. The van der Waals surface area contributed by atoms with Gasteiger partial charge in [-0.25, -0.2) is 0 Å². The number of aryl methyl sites for hydroxylation is 1. The van der Waals surface area contributed by atoms with E-state index in [1.54, 1.807) is 7.11 Å². The lowest BCUT2D eigenvalue weighted by Gasteiger charge is -2.37. The van der Waals surface area contributed by atoms with Crippen molar-refractivity contribution >= 4 is 11.9 Å². The van der Waals surface area contributed by atoms with E-state index in [4.69, 9.17) is 9.47 Å². The van der Waals surface area contributed by atoms with E-state index in [2.05, 4.69) is 30.4 Å². The number of amides is 1. The van der Waals surface area contributed by atoms with Crippen molar-refractivity contribution in [3.63, 3.8) is 0 Å². The van der Waals surface area contributed by atoms with E-state index in [0.29, 0.717) is 26.0 Å². The van der Waals surface area contributed by atoms with E-state index >= 15 is 0 Å². The average molecular weight is 432 g/mol. The number of aliphatic carboxylic acids is 1. The van der Waals surface area contributed by atoms with Crippen molar-refractivity contribution in [1.82, 2.24) is 5.32 Å². The fourth-order valence-corrected chi connectivity index (χ4v) is 5.11. The van der Waals surface area contributed by atoms with E-state index in [1.807, 2.05) is 0 Å². The molecule has 1 heterocycles. The Hall–Kier alpha value is -2.08. The Balaban J connectivity index is 1.53. The van der Waals surface area contributed by atoms with Gasteiger partial charge in [-0.3, -0.25) is 9.59 Å². The summed E-state index contributed by atoms with van der Waals surface area (Å²) < 4.78 is 10.9. The molecule has 0 bridgehead atoms. The molecular weight excluding hydrogens is 394 g/mol. The topological polar surface area (TPSA) is 84.9 Å². The van der Waals surface area contributed by atoms with Crippen LogP contribution in [0.15, 0.2) is 18.2 Å². The maximum absolute atomic E-state index is 13.2. The third-order valence-electron chi connectivity index (χ3n) is 6.84. The fourth-order valence-electron chi connectivity index (χ4n) is 5.11. The van der Waals surface area contributed by atoms with E-state index < -0.39 is 17.3 Å². The van der Waals surface area contributed by atoms with Crippen LogP contribution < -0.4 is 10.1 Å². The summed E-state index contributed by atoms with van der Waals surface area (Å²) in [6.45, 7) is 3.10. The zero-order valence-electron chi connectivity index (χ0n) is 19.0. The van der Waals surface area contributed by atoms with Gasteiger partial charge < -0.3 is 19.9 Å². The number of hydrogen-bond acceptors (Lipinski definition) is 4. The summed E-state index contributed by atoms with van der Waals surface area (Å²) >= 11 is 0. The Morgan fingerprint density at radius 3 is 2.77 bits per heavy atom. The lowest BCUT2D eigenvalue weighted by atomic mass is 9.68. The molecule has 1 aliphatic heterocycles. The number of hydrogen-bond donors (Lipinski definition) is 2. The number of rotatable bonds is 11. The number of benzene rings is 1. The minimum Gasteiger partial charge on any atom is -0.490 e. The third-order valence-corrected chi connectivity index (χ3v) is 6.84. The summed E-state index contributed by atoms with van der Waals surface area (Å²) in [6, 6.07) is 6.38. The van der Waals surface area contributed by atoms with Crippen LogP contribution >= 0.6 is 0 Å². The van der Waals surface area contributed by atoms with Gasteiger partial charge in [0.15, 0.2) is 0 Å². The molecule has 0 spiro atoms. The Morgan fingerprint density at radius 1 is 1.29 bits per heavy atom. The first-order chi connectivity index (χ1) is 14.9. The van der Waals surface area contributed by atoms with Crippen molar-refractivity contribution in [2.24, 2.45) is 11.3 Å². The maximum atomic E-state index is 13.2. The van der Waals surface area contributed by atoms with Crippen molar-refractivity contribution in [3.05, 3.63) is 29.3 Å². The van der Waals surface area contributed by atoms with Gasteiger partial charge in [0.1, 0.15) is 11.9 Å². The highest BCUT2D eigenvalue weighted by Crippen LogP contribution is 2.42. The van der Waals surface area contributed by atoms with E-state index in [9.17, 15) is 14.7 Å². The summed E-state index contributed by atoms with van der Waals surface area (Å²) in [5, 5.41) is 12.8. The molecule has 1 amide bonds. The van der Waals surface area contributed by atoms with E-state index in [-0.39, 0.29) is 12.0 Å². The summed E-state index contributed by atoms with van der Waals surface area (Å²) in [7, 11) is 1.58. The van der Waals surface area contributed by atoms with Gasteiger partial charge in [-0.05, 0) is 62.6 Å². The van der Waals surface area contributed by atoms with Gasteiger partial charge in [-0.15, -0.1) is 0 Å². The number of carboxylic acid groups (broad SMARTS) is 1. The van der Waals surface area contributed by atoms with Gasteiger partial charge >= 0.3 is 5.97 Å². The smallest absolute Gasteiger partial charge is 0.306 e. The molecule has 1 aromatic rings. The van der Waals surface area contributed by atoms with Crippen LogP contribution in [0, 0.1) is 11.3 Å². The van der Waals surface area contributed by atoms with Crippen LogP contribution in [-0.2, 0) is 27.2 Å². The second kappa shape index (κ2) is 11.0. The van der Waals surface area contributed by atoms with Crippen molar-refractivity contribution in [2.75, 3.05) is 20.3 Å². The van der Waals surface area contributed by atoms with Crippen LogP contribution in [0.4, 0.5) is 0 Å². The second-order valence-corrected chi connectivity index (χ2v) is 9.30. The molecule has 0 radical (unpaired) electrons. The number of fused-ring (bicyclic) bond motifs is 1. The molecule has 2 atom stereocenters. The molecule has 172 valence electrons. The lowest BCUT2D eigenvalue weighted by Crippen LogP contribution is -2.45. The molecular formula is C25H37NO5. The first-order valence-corrected chi connectivity index (χ1v) is 11.7. The van der Waals surface area contributed by atoms with Crippen LogP contribution in [0.5, 0.6) is 5.75 Å². The van der Waals surface area contributed by atoms with Crippen LogP contribution in [0.25, 0.3) is 0 Å². The second-order valence-electron chi connectivity index (χ2n) is 9.30. The van der Waals surface area contributed by atoms with E-state index in [1.165, 1.54) is 11.1 Å². The standard InChI is InChI=1S/C25H37NO5/c1-18-15-21-16-19(8-9-22(21)31-18)7-6-13-26-24(29)25(11-4-3-5-12-25)17-20(23(27)28)10-14-30-2/h8-9,16,18,20H,3-7,10-15,17H2,1-2H3,(H,26,29)(H,27,28). The lowest BCUT2D eigenvalue weighted by molar-refractivity contribution is -0.146. The monoisotopic (exact) mass is 431 g/mol. The molecule has 1 aliphatic carbocycles. The van der Waals surface area contributed by atoms with Crippen molar-refractivity contribution < 1.29 is 24.2 Å². The van der Waals surface area contributed by atoms with Crippen LogP contribution in [0.2, 0.25) is 0 Å². The number of carbonyl (C=O) groups excluding carboxylic acids is 1. The highest BCUT2D eigenvalue weighted by molar-refractivity contribution is 5.83. The molecule has 3 rings (SSSR count). The van der Waals surface area contributed by atoms with Crippen LogP contribution in [0.1, 0.15) is 69.4 Å². The average Bonchev–Trinajstić information content (AvgIpc) is 3.13. The zero-order chi connectivity index (χ0) is 22.3. The third kappa shape index (κ3) is 6.22. The minimum absolute atomic E-state index is 0.0343.